The van der Waals surface area contributed by atoms with Crippen LogP contribution in [0.3, 0.4) is 0 Å². The average molecular weight is 379 g/mol. The van der Waals surface area contributed by atoms with Gasteiger partial charge in [0.2, 0.25) is 0 Å². The SMILES string of the molecule is Cc1ccc(-n2cc3ccccc3n2)c(C2=CC(=O)N(c3ccccc3)C2=O)c1. The molecule has 2 amide bonds. The summed E-state index contributed by atoms with van der Waals surface area (Å²) in [4.78, 5) is 27.0. The van der Waals surface area contributed by atoms with E-state index >= 15 is 0 Å². The summed E-state index contributed by atoms with van der Waals surface area (Å²) < 4.78 is 1.77. The van der Waals surface area contributed by atoms with Crippen molar-refractivity contribution in [1.29, 1.82) is 0 Å². The quantitative estimate of drug-likeness (QED) is 0.499. The van der Waals surface area contributed by atoms with Crippen molar-refractivity contribution in [3.8, 4) is 5.69 Å². The molecule has 0 radical (unpaired) electrons. The predicted molar refractivity (Wildman–Crippen MR) is 113 cm³/mol. The highest BCUT2D eigenvalue weighted by atomic mass is 16.2. The zero-order valence-corrected chi connectivity index (χ0v) is 15.7. The van der Waals surface area contributed by atoms with E-state index in [-0.39, 0.29) is 11.8 Å². The van der Waals surface area contributed by atoms with Crippen LogP contribution < -0.4 is 4.90 Å². The molecule has 1 aliphatic heterocycles. The number of rotatable bonds is 3. The van der Waals surface area contributed by atoms with E-state index < -0.39 is 0 Å². The Bertz CT molecular complexity index is 1270. The first-order valence-corrected chi connectivity index (χ1v) is 9.33. The Morgan fingerprint density at radius 1 is 0.862 bits per heavy atom. The molecule has 0 aliphatic carbocycles. The van der Waals surface area contributed by atoms with Crippen molar-refractivity contribution in [1.82, 2.24) is 9.78 Å². The summed E-state index contributed by atoms with van der Waals surface area (Å²) in [5, 5.41) is 5.65. The third-order valence-electron chi connectivity index (χ3n) is 5.04. The van der Waals surface area contributed by atoms with Crippen molar-refractivity contribution in [2.45, 2.75) is 6.92 Å². The van der Waals surface area contributed by atoms with Gasteiger partial charge in [-0.15, -0.1) is 0 Å². The second-order valence-electron chi connectivity index (χ2n) is 7.03. The Morgan fingerprint density at radius 3 is 2.41 bits per heavy atom. The van der Waals surface area contributed by atoms with E-state index in [1.165, 1.54) is 11.0 Å². The van der Waals surface area contributed by atoms with Crippen LogP contribution in [0.15, 0.2) is 85.1 Å². The number of amides is 2. The highest BCUT2D eigenvalue weighted by Gasteiger charge is 2.34. The molecule has 29 heavy (non-hydrogen) atoms. The molecular weight excluding hydrogens is 362 g/mol. The van der Waals surface area contributed by atoms with Gasteiger partial charge in [-0.25, -0.2) is 9.58 Å². The zero-order chi connectivity index (χ0) is 20.0. The summed E-state index contributed by atoms with van der Waals surface area (Å²) in [6.07, 6.45) is 3.34. The topological polar surface area (TPSA) is 55.2 Å². The number of hydrogen-bond donors (Lipinski definition) is 0. The van der Waals surface area contributed by atoms with Crippen LogP contribution in [0.25, 0.3) is 22.2 Å². The fourth-order valence-corrected chi connectivity index (χ4v) is 3.64. The maximum atomic E-state index is 13.2. The number of imide groups is 1. The molecule has 0 fully saturated rings. The largest absolute Gasteiger partial charge is 0.269 e. The molecule has 0 spiro atoms. The highest BCUT2D eigenvalue weighted by Crippen LogP contribution is 2.32. The van der Waals surface area contributed by atoms with Crippen LogP contribution in [0.2, 0.25) is 0 Å². The van der Waals surface area contributed by atoms with Crippen molar-refractivity contribution < 1.29 is 9.59 Å². The van der Waals surface area contributed by atoms with Crippen LogP contribution in [0, 0.1) is 6.92 Å². The highest BCUT2D eigenvalue weighted by molar-refractivity contribution is 6.44. The maximum absolute atomic E-state index is 13.2. The molecule has 1 aromatic heterocycles. The molecule has 0 saturated heterocycles. The van der Waals surface area contributed by atoms with Crippen molar-refractivity contribution in [2.24, 2.45) is 0 Å². The number of aromatic nitrogens is 2. The van der Waals surface area contributed by atoms with E-state index in [9.17, 15) is 9.59 Å². The van der Waals surface area contributed by atoms with Crippen LogP contribution in [0.1, 0.15) is 11.1 Å². The molecular formula is C24H17N3O2. The third-order valence-corrected chi connectivity index (χ3v) is 5.04. The van der Waals surface area contributed by atoms with Crippen molar-refractivity contribution in [3.63, 3.8) is 0 Å². The molecule has 4 aromatic rings. The minimum atomic E-state index is -0.339. The minimum absolute atomic E-state index is 0.329. The summed E-state index contributed by atoms with van der Waals surface area (Å²) in [6, 6.07) is 22.6. The molecule has 0 saturated carbocycles. The molecule has 3 aromatic carbocycles. The van der Waals surface area contributed by atoms with Gasteiger partial charge in [0.05, 0.1) is 22.5 Å². The van der Waals surface area contributed by atoms with Crippen LogP contribution in [-0.4, -0.2) is 21.6 Å². The van der Waals surface area contributed by atoms with Gasteiger partial charge >= 0.3 is 0 Å². The fraction of sp³-hybridized carbons (Fsp3) is 0.0417. The van der Waals surface area contributed by atoms with Gasteiger partial charge in [0.15, 0.2) is 0 Å². The first-order chi connectivity index (χ1) is 14.1. The molecule has 0 N–H and O–H groups in total. The predicted octanol–water partition coefficient (Wildman–Crippen LogP) is 4.29. The summed E-state index contributed by atoms with van der Waals surface area (Å²) >= 11 is 0. The Kier molecular flexibility index (Phi) is 3.88. The molecule has 0 unspecified atom stereocenters. The molecule has 5 heteroatoms. The first-order valence-electron chi connectivity index (χ1n) is 9.33. The Balaban J connectivity index is 1.63. The van der Waals surface area contributed by atoms with E-state index in [0.29, 0.717) is 16.8 Å². The molecule has 1 aliphatic rings. The number of fused-ring (bicyclic) bond motifs is 1. The van der Waals surface area contributed by atoms with Crippen LogP contribution >= 0.6 is 0 Å². The third kappa shape index (κ3) is 2.84. The van der Waals surface area contributed by atoms with Gasteiger partial charge in [-0.2, -0.15) is 5.10 Å². The van der Waals surface area contributed by atoms with E-state index in [4.69, 9.17) is 0 Å². The number of para-hydroxylation sites is 1. The van der Waals surface area contributed by atoms with E-state index in [1.807, 2.05) is 61.7 Å². The number of aryl methyl sites for hydroxylation is 1. The Hall–Kier alpha value is -3.99. The van der Waals surface area contributed by atoms with E-state index in [0.717, 1.165) is 22.2 Å². The standard InChI is InChI=1S/C24H17N3O2/c1-16-11-12-22(26-15-17-7-5-6-10-21(17)25-26)19(13-16)20-14-23(28)27(24(20)29)18-8-3-2-4-9-18/h2-15H,1H3. The smallest absolute Gasteiger partial charge is 0.266 e. The number of benzene rings is 3. The second kappa shape index (κ2) is 6.56. The summed E-state index contributed by atoms with van der Waals surface area (Å²) in [5.74, 6) is -0.668. The van der Waals surface area contributed by atoms with E-state index in [2.05, 4.69) is 5.10 Å². The fourth-order valence-electron chi connectivity index (χ4n) is 3.64. The van der Waals surface area contributed by atoms with Gasteiger partial charge < -0.3 is 0 Å². The Labute approximate surface area is 167 Å². The van der Waals surface area contributed by atoms with Crippen molar-refractivity contribution >= 4 is 34.0 Å². The van der Waals surface area contributed by atoms with E-state index in [1.54, 1.807) is 28.9 Å². The lowest BCUT2D eigenvalue weighted by Gasteiger charge is -2.16. The van der Waals surface area contributed by atoms with Gasteiger partial charge in [0.1, 0.15) is 0 Å². The lowest BCUT2D eigenvalue weighted by molar-refractivity contribution is -0.119. The van der Waals surface area contributed by atoms with Gasteiger partial charge in [-0.05, 0) is 37.3 Å². The van der Waals surface area contributed by atoms with Crippen molar-refractivity contribution in [2.75, 3.05) is 4.90 Å². The van der Waals surface area contributed by atoms with Crippen LogP contribution in [0.5, 0.6) is 0 Å². The number of nitrogens with zero attached hydrogens (tertiary/aromatic N) is 3. The molecule has 5 nitrogen and oxygen atoms in total. The molecule has 0 bridgehead atoms. The monoisotopic (exact) mass is 379 g/mol. The minimum Gasteiger partial charge on any atom is -0.269 e. The van der Waals surface area contributed by atoms with Crippen LogP contribution in [-0.2, 0) is 9.59 Å². The normalized spacial score (nSPS) is 14.0. The maximum Gasteiger partial charge on any atom is 0.266 e. The molecule has 0 atom stereocenters. The van der Waals surface area contributed by atoms with Crippen molar-refractivity contribution in [3.05, 3.63) is 96.2 Å². The first kappa shape index (κ1) is 17.1. The second-order valence-corrected chi connectivity index (χ2v) is 7.03. The average Bonchev–Trinajstić information content (AvgIpc) is 3.29. The molecule has 2 heterocycles. The number of hydrogen-bond acceptors (Lipinski definition) is 3. The number of anilines is 1. The lowest BCUT2D eigenvalue weighted by atomic mass is 10.0. The van der Waals surface area contributed by atoms with Gasteiger partial charge in [0.25, 0.3) is 11.8 Å². The number of carbonyl (C=O) groups excluding carboxylic acids is 2. The zero-order valence-electron chi connectivity index (χ0n) is 15.7. The molecule has 140 valence electrons. The molecule has 5 rings (SSSR count). The summed E-state index contributed by atoms with van der Waals surface area (Å²) in [7, 11) is 0. The Morgan fingerprint density at radius 2 is 1.62 bits per heavy atom. The van der Waals surface area contributed by atoms with Gasteiger partial charge in [0, 0.05) is 23.2 Å². The van der Waals surface area contributed by atoms with Crippen LogP contribution in [0.4, 0.5) is 5.69 Å². The summed E-state index contributed by atoms with van der Waals surface area (Å²) in [5.41, 5.74) is 4.25. The number of carbonyl (C=O) groups is 2. The summed E-state index contributed by atoms with van der Waals surface area (Å²) in [6.45, 7) is 1.96. The lowest BCUT2D eigenvalue weighted by Crippen LogP contribution is -2.30. The van der Waals surface area contributed by atoms with Gasteiger partial charge in [-0.3, -0.25) is 9.59 Å². The van der Waals surface area contributed by atoms with Gasteiger partial charge in [-0.1, -0.05) is 48.0 Å².